The maximum Gasteiger partial charge on any atom is 0.276 e. The predicted octanol–water partition coefficient (Wildman–Crippen LogP) is 3.56. The molecular formula is C21H23N5O3. The topological polar surface area (TPSA) is 88.6 Å². The summed E-state index contributed by atoms with van der Waals surface area (Å²) in [6.45, 7) is 0. The Morgan fingerprint density at radius 1 is 0.862 bits per heavy atom. The van der Waals surface area contributed by atoms with E-state index in [4.69, 9.17) is 9.47 Å². The van der Waals surface area contributed by atoms with Gasteiger partial charge in [0.05, 0.1) is 14.2 Å². The summed E-state index contributed by atoms with van der Waals surface area (Å²) in [5, 5.41) is 14.0. The van der Waals surface area contributed by atoms with Crippen LogP contribution in [0.3, 0.4) is 0 Å². The lowest BCUT2D eigenvalue weighted by molar-refractivity contribution is 0.102. The van der Waals surface area contributed by atoms with E-state index in [1.165, 1.54) is 0 Å². The lowest BCUT2D eigenvalue weighted by Gasteiger charge is -2.13. The van der Waals surface area contributed by atoms with Crippen LogP contribution in [0.4, 0.5) is 22.9 Å². The molecule has 150 valence electrons. The highest BCUT2D eigenvalue weighted by Crippen LogP contribution is 2.30. The molecule has 3 aromatic rings. The lowest BCUT2D eigenvalue weighted by atomic mass is 10.2. The molecule has 0 bridgehead atoms. The van der Waals surface area contributed by atoms with Gasteiger partial charge in [-0.1, -0.05) is 0 Å². The molecule has 0 saturated carbocycles. The molecule has 8 heteroatoms. The Kier molecular flexibility index (Phi) is 6.13. The molecule has 0 unspecified atom stereocenters. The summed E-state index contributed by atoms with van der Waals surface area (Å²) in [6, 6.07) is 16.3. The summed E-state index contributed by atoms with van der Waals surface area (Å²) >= 11 is 0. The summed E-state index contributed by atoms with van der Waals surface area (Å²) in [4.78, 5) is 14.4. The second kappa shape index (κ2) is 8.92. The largest absolute Gasteiger partial charge is 0.493 e. The highest BCUT2D eigenvalue weighted by molar-refractivity contribution is 6.02. The maximum atomic E-state index is 12.4. The average Bonchev–Trinajstić information content (AvgIpc) is 2.74. The van der Waals surface area contributed by atoms with Crippen molar-refractivity contribution in [1.29, 1.82) is 0 Å². The van der Waals surface area contributed by atoms with Gasteiger partial charge in [-0.3, -0.25) is 4.79 Å². The molecule has 0 aliphatic carbocycles. The molecule has 8 nitrogen and oxygen atoms in total. The van der Waals surface area contributed by atoms with E-state index in [2.05, 4.69) is 20.8 Å². The number of anilines is 4. The molecule has 3 rings (SSSR count). The van der Waals surface area contributed by atoms with Crippen molar-refractivity contribution < 1.29 is 14.3 Å². The third-order valence-corrected chi connectivity index (χ3v) is 4.19. The van der Waals surface area contributed by atoms with Crippen LogP contribution in [0, 0.1) is 0 Å². The molecule has 2 N–H and O–H groups in total. The summed E-state index contributed by atoms with van der Waals surface area (Å²) in [5.41, 5.74) is 2.72. The van der Waals surface area contributed by atoms with Gasteiger partial charge in [0, 0.05) is 37.2 Å². The molecule has 0 radical (unpaired) electrons. The second-order valence-electron chi connectivity index (χ2n) is 6.39. The van der Waals surface area contributed by atoms with E-state index in [-0.39, 0.29) is 11.6 Å². The van der Waals surface area contributed by atoms with Gasteiger partial charge in [-0.15, -0.1) is 10.2 Å². The zero-order valence-electron chi connectivity index (χ0n) is 16.8. The Bertz CT molecular complexity index is 973. The number of ether oxygens (including phenoxy) is 2. The van der Waals surface area contributed by atoms with E-state index in [0.29, 0.717) is 23.0 Å². The monoisotopic (exact) mass is 393 g/mol. The Hall–Kier alpha value is -3.81. The normalized spacial score (nSPS) is 10.2. The minimum absolute atomic E-state index is 0.222. The predicted molar refractivity (Wildman–Crippen MR) is 114 cm³/mol. The van der Waals surface area contributed by atoms with Crippen LogP contribution >= 0.6 is 0 Å². The number of carbonyl (C=O) groups excluding carboxylic acids is 1. The zero-order chi connectivity index (χ0) is 20.8. The first-order valence-electron chi connectivity index (χ1n) is 8.91. The van der Waals surface area contributed by atoms with E-state index < -0.39 is 0 Å². The van der Waals surface area contributed by atoms with Crippen molar-refractivity contribution in [3.05, 3.63) is 60.3 Å². The molecule has 0 atom stereocenters. The van der Waals surface area contributed by atoms with Gasteiger partial charge >= 0.3 is 0 Å². The third-order valence-electron chi connectivity index (χ3n) is 4.19. The minimum Gasteiger partial charge on any atom is -0.493 e. The van der Waals surface area contributed by atoms with Gasteiger partial charge in [-0.25, -0.2) is 0 Å². The highest BCUT2D eigenvalue weighted by atomic mass is 16.5. The van der Waals surface area contributed by atoms with Crippen molar-refractivity contribution in [2.75, 3.05) is 43.8 Å². The Morgan fingerprint density at radius 3 is 2.14 bits per heavy atom. The van der Waals surface area contributed by atoms with Crippen LogP contribution in [0.1, 0.15) is 10.5 Å². The van der Waals surface area contributed by atoms with Crippen molar-refractivity contribution in [2.45, 2.75) is 0 Å². The number of aromatic nitrogens is 2. The van der Waals surface area contributed by atoms with Crippen LogP contribution < -0.4 is 25.0 Å². The molecule has 0 spiro atoms. The number of amides is 1. The van der Waals surface area contributed by atoms with Gasteiger partial charge < -0.3 is 25.0 Å². The van der Waals surface area contributed by atoms with Gasteiger partial charge in [0.15, 0.2) is 23.0 Å². The number of nitrogens with zero attached hydrogens (tertiary/aromatic N) is 3. The Morgan fingerprint density at radius 2 is 1.55 bits per heavy atom. The molecule has 2 aromatic carbocycles. The number of rotatable bonds is 7. The number of hydrogen-bond acceptors (Lipinski definition) is 7. The molecule has 1 amide bonds. The van der Waals surface area contributed by atoms with Gasteiger partial charge in [-0.2, -0.15) is 0 Å². The molecular weight excluding hydrogens is 370 g/mol. The van der Waals surface area contributed by atoms with Crippen molar-refractivity contribution in [3.63, 3.8) is 0 Å². The van der Waals surface area contributed by atoms with E-state index in [9.17, 15) is 4.79 Å². The standard InChI is InChI=1S/C21H23N5O3/c1-26(2)16-8-5-14(6-9-16)23-21(27)17-10-12-20(25-24-17)22-15-7-11-18(28-3)19(13-15)29-4/h5-13H,1-4H3,(H,22,25)(H,23,27). The van der Waals surface area contributed by atoms with Gasteiger partial charge in [0.1, 0.15) is 0 Å². The van der Waals surface area contributed by atoms with Crippen LogP contribution in [-0.4, -0.2) is 44.4 Å². The first-order valence-corrected chi connectivity index (χ1v) is 8.91. The lowest BCUT2D eigenvalue weighted by Crippen LogP contribution is -2.15. The average molecular weight is 393 g/mol. The van der Waals surface area contributed by atoms with Gasteiger partial charge in [0.2, 0.25) is 0 Å². The highest BCUT2D eigenvalue weighted by Gasteiger charge is 2.10. The van der Waals surface area contributed by atoms with Gasteiger partial charge in [-0.05, 0) is 48.5 Å². The van der Waals surface area contributed by atoms with Crippen LogP contribution in [0.2, 0.25) is 0 Å². The Balaban J connectivity index is 1.65. The van der Waals surface area contributed by atoms with Crippen LogP contribution in [0.5, 0.6) is 11.5 Å². The van der Waals surface area contributed by atoms with Crippen molar-refractivity contribution >= 4 is 28.8 Å². The molecule has 1 heterocycles. The van der Waals surface area contributed by atoms with Crippen LogP contribution in [-0.2, 0) is 0 Å². The van der Waals surface area contributed by atoms with E-state index >= 15 is 0 Å². The van der Waals surface area contributed by atoms with Crippen LogP contribution in [0.25, 0.3) is 0 Å². The van der Waals surface area contributed by atoms with Crippen LogP contribution in [0.15, 0.2) is 54.6 Å². The van der Waals surface area contributed by atoms with E-state index in [1.807, 2.05) is 49.3 Å². The summed E-state index contributed by atoms with van der Waals surface area (Å²) < 4.78 is 10.5. The smallest absolute Gasteiger partial charge is 0.276 e. The number of nitrogens with one attached hydrogen (secondary N) is 2. The number of carbonyl (C=O) groups is 1. The third kappa shape index (κ3) is 4.92. The molecule has 0 aliphatic heterocycles. The van der Waals surface area contributed by atoms with Crippen molar-refractivity contribution in [2.24, 2.45) is 0 Å². The fourth-order valence-corrected chi connectivity index (χ4v) is 2.62. The second-order valence-corrected chi connectivity index (χ2v) is 6.39. The zero-order valence-corrected chi connectivity index (χ0v) is 16.8. The number of hydrogen-bond donors (Lipinski definition) is 2. The van der Waals surface area contributed by atoms with Crippen molar-refractivity contribution in [1.82, 2.24) is 10.2 Å². The number of methoxy groups -OCH3 is 2. The van der Waals surface area contributed by atoms with E-state index in [0.717, 1.165) is 11.4 Å². The summed E-state index contributed by atoms with van der Waals surface area (Å²) in [7, 11) is 7.07. The quantitative estimate of drug-likeness (QED) is 0.634. The summed E-state index contributed by atoms with van der Waals surface area (Å²) in [5.74, 6) is 1.41. The molecule has 29 heavy (non-hydrogen) atoms. The number of benzene rings is 2. The van der Waals surface area contributed by atoms with Gasteiger partial charge in [0.25, 0.3) is 5.91 Å². The minimum atomic E-state index is -0.326. The Labute approximate surface area is 169 Å². The fraction of sp³-hybridized carbons (Fsp3) is 0.190. The first-order chi connectivity index (χ1) is 14.0. The fourth-order valence-electron chi connectivity index (χ4n) is 2.62. The SMILES string of the molecule is COc1ccc(Nc2ccc(C(=O)Nc3ccc(N(C)C)cc3)nn2)cc1OC. The maximum absolute atomic E-state index is 12.4. The molecule has 1 aromatic heterocycles. The summed E-state index contributed by atoms with van der Waals surface area (Å²) in [6.07, 6.45) is 0. The molecule has 0 aliphatic rings. The molecule has 0 fully saturated rings. The van der Waals surface area contributed by atoms with E-state index in [1.54, 1.807) is 38.5 Å². The molecule has 0 saturated heterocycles. The van der Waals surface area contributed by atoms with Crippen molar-refractivity contribution in [3.8, 4) is 11.5 Å². The first kappa shape index (κ1) is 19.9.